The van der Waals surface area contributed by atoms with Crippen molar-refractivity contribution in [3.05, 3.63) is 70.0 Å². The first-order chi connectivity index (χ1) is 10.0. The molecule has 0 aliphatic heterocycles. The minimum absolute atomic E-state index is 0.0949. The summed E-state index contributed by atoms with van der Waals surface area (Å²) in [5.74, 6) is -2.16. The van der Waals surface area contributed by atoms with Gasteiger partial charge >= 0.3 is 6.18 Å². The van der Waals surface area contributed by atoms with Crippen LogP contribution in [-0.4, -0.2) is 0 Å². The summed E-state index contributed by atoms with van der Waals surface area (Å²) in [7, 11) is 0. The van der Waals surface area contributed by atoms with Crippen molar-refractivity contribution in [3.63, 3.8) is 0 Å². The van der Waals surface area contributed by atoms with Crippen LogP contribution in [0.3, 0.4) is 0 Å². The fraction of sp³-hybridized carbons (Fsp3) is 0.250. The molecule has 0 spiro atoms. The van der Waals surface area contributed by atoms with E-state index in [0.717, 1.165) is 29.8 Å². The molecule has 0 nitrogen and oxygen atoms in total. The molecule has 0 aromatic heterocycles. The van der Waals surface area contributed by atoms with Crippen LogP contribution in [0.1, 0.15) is 22.3 Å². The Labute approximate surface area is 124 Å². The highest BCUT2D eigenvalue weighted by atomic mass is 19.4. The van der Waals surface area contributed by atoms with E-state index in [4.69, 9.17) is 0 Å². The molecule has 0 amide bonds. The zero-order valence-corrected chi connectivity index (χ0v) is 12.2. The lowest BCUT2D eigenvalue weighted by Crippen LogP contribution is -2.07. The summed E-state index contributed by atoms with van der Waals surface area (Å²) in [6.45, 7) is 4.54. The van der Waals surface area contributed by atoms with Crippen molar-refractivity contribution in [2.24, 2.45) is 0 Å². The molecule has 120 valence electrons. The summed E-state index contributed by atoms with van der Waals surface area (Å²) in [4.78, 5) is 0. The van der Waals surface area contributed by atoms with E-state index >= 15 is 0 Å². The van der Waals surface area contributed by atoms with Gasteiger partial charge in [0.2, 0.25) is 0 Å². The van der Waals surface area contributed by atoms with Gasteiger partial charge in [0.05, 0.1) is 5.56 Å². The molecule has 0 aliphatic rings. The van der Waals surface area contributed by atoms with Gasteiger partial charge in [0.25, 0.3) is 0 Å². The topological polar surface area (TPSA) is 0 Å². The van der Waals surface area contributed by atoms with E-state index in [1.807, 2.05) is 0 Å². The lowest BCUT2D eigenvalue weighted by molar-refractivity contribution is -0.138. The summed E-state index contributed by atoms with van der Waals surface area (Å²) in [5.41, 5.74) is 0.283. The highest BCUT2D eigenvalue weighted by molar-refractivity contribution is 5.29. The molecule has 0 N–H and O–H groups in total. The Morgan fingerprint density at radius 2 is 1.36 bits per heavy atom. The van der Waals surface area contributed by atoms with Crippen LogP contribution < -0.4 is 0 Å². The highest BCUT2D eigenvalue weighted by Crippen LogP contribution is 2.31. The second-order valence-corrected chi connectivity index (χ2v) is 4.76. The zero-order valence-electron chi connectivity index (χ0n) is 12.2. The molecule has 0 saturated heterocycles. The SMILES string of the molecule is Cc1cc(F)ccc1C(F)(F)F.Cc1ccc(F)c(F)c1C. The number of aryl methyl sites for hydroxylation is 2. The maximum absolute atomic E-state index is 12.6. The van der Waals surface area contributed by atoms with Crippen molar-refractivity contribution in [2.45, 2.75) is 26.9 Å². The van der Waals surface area contributed by atoms with E-state index in [-0.39, 0.29) is 5.56 Å². The predicted molar refractivity (Wildman–Crippen MR) is 72.0 cm³/mol. The highest BCUT2D eigenvalue weighted by Gasteiger charge is 2.32. The van der Waals surface area contributed by atoms with Gasteiger partial charge in [-0.2, -0.15) is 13.2 Å². The second-order valence-electron chi connectivity index (χ2n) is 4.76. The fourth-order valence-electron chi connectivity index (χ4n) is 1.69. The number of hydrogen-bond donors (Lipinski definition) is 0. The summed E-state index contributed by atoms with van der Waals surface area (Å²) >= 11 is 0. The van der Waals surface area contributed by atoms with E-state index in [1.165, 1.54) is 6.92 Å². The predicted octanol–water partition coefficient (Wildman–Crippen LogP) is 5.73. The normalized spacial score (nSPS) is 11.0. The van der Waals surface area contributed by atoms with Gasteiger partial charge in [-0.3, -0.25) is 0 Å². The monoisotopic (exact) mass is 320 g/mol. The van der Waals surface area contributed by atoms with E-state index in [2.05, 4.69) is 0 Å². The fourth-order valence-corrected chi connectivity index (χ4v) is 1.69. The largest absolute Gasteiger partial charge is 0.416 e. The minimum Gasteiger partial charge on any atom is -0.207 e. The van der Waals surface area contributed by atoms with Gasteiger partial charge in [-0.1, -0.05) is 6.07 Å². The average molecular weight is 320 g/mol. The van der Waals surface area contributed by atoms with Crippen LogP contribution in [0.15, 0.2) is 30.3 Å². The first-order valence-electron chi connectivity index (χ1n) is 6.28. The number of hydrogen-bond acceptors (Lipinski definition) is 0. The van der Waals surface area contributed by atoms with Crippen molar-refractivity contribution < 1.29 is 26.3 Å². The minimum atomic E-state index is -4.39. The third-order valence-corrected chi connectivity index (χ3v) is 3.10. The molecule has 2 rings (SSSR count). The van der Waals surface area contributed by atoms with Gasteiger partial charge in [0.15, 0.2) is 11.6 Å². The van der Waals surface area contributed by atoms with Crippen LogP contribution in [0.2, 0.25) is 0 Å². The maximum atomic E-state index is 12.6. The van der Waals surface area contributed by atoms with Crippen molar-refractivity contribution in [3.8, 4) is 0 Å². The molecule has 0 bridgehead atoms. The zero-order chi connectivity index (χ0) is 17.1. The number of benzene rings is 2. The smallest absolute Gasteiger partial charge is 0.207 e. The van der Waals surface area contributed by atoms with Gasteiger partial charge in [0, 0.05) is 0 Å². The van der Waals surface area contributed by atoms with Gasteiger partial charge in [-0.15, -0.1) is 0 Å². The molecule has 0 aliphatic carbocycles. The molecule has 0 unspecified atom stereocenters. The van der Waals surface area contributed by atoms with Gasteiger partial charge in [0.1, 0.15) is 5.82 Å². The maximum Gasteiger partial charge on any atom is 0.416 e. The Balaban J connectivity index is 0.000000224. The van der Waals surface area contributed by atoms with Crippen molar-refractivity contribution in [2.75, 3.05) is 0 Å². The summed E-state index contributed by atoms with van der Waals surface area (Å²) in [6, 6.07) is 5.11. The molecule has 0 heterocycles. The van der Waals surface area contributed by atoms with Crippen LogP contribution in [0.5, 0.6) is 0 Å². The Morgan fingerprint density at radius 1 is 0.773 bits per heavy atom. The van der Waals surface area contributed by atoms with Gasteiger partial charge in [-0.25, -0.2) is 13.2 Å². The van der Waals surface area contributed by atoms with Crippen molar-refractivity contribution in [1.82, 2.24) is 0 Å². The standard InChI is InChI=1S/C8H6F4.C8H8F2/c1-5-4-6(9)2-3-7(5)8(10,11)12;1-5-3-4-7(9)8(10)6(5)2/h2-4H,1H3;3-4H,1-2H3. The van der Waals surface area contributed by atoms with Gasteiger partial charge in [-0.05, 0) is 61.7 Å². The molecule has 0 radical (unpaired) electrons. The lowest BCUT2D eigenvalue weighted by Gasteiger charge is -2.08. The number of halogens is 6. The van der Waals surface area contributed by atoms with E-state index in [9.17, 15) is 26.3 Å². The summed E-state index contributed by atoms with van der Waals surface area (Å²) in [6.07, 6.45) is -4.39. The number of rotatable bonds is 0. The van der Waals surface area contributed by atoms with E-state index in [1.54, 1.807) is 19.9 Å². The average Bonchev–Trinajstić information content (AvgIpc) is 2.40. The number of alkyl halides is 3. The quantitative estimate of drug-likeness (QED) is 0.543. The molecule has 2 aromatic carbocycles. The Morgan fingerprint density at radius 3 is 1.82 bits per heavy atom. The van der Waals surface area contributed by atoms with E-state index < -0.39 is 29.2 Å². The first-order valence-corrected chi connectivity index (χ1v) is 6.28. The molecule has 0 saturated carbocycles. The molecule has 2 aromatic rings. The molecule has 6 heteroatoms. The van der Waals surface area contributed by atoms with Crippen LogP contribution in [0, 0.1) is 38.2 Å². The lowest BCUT2D eigenvalue weighted by atomic mass is 10.1. The first kappa shape index (κ1) is 18.1. The van der Waals surface area contributed by atoms with Crippen LogP contribution in [0.4, 0.5) is 26.3 Å². The Hall–Kier alpha value is -1.98. The van der Waals surface area contributed by atoms with E-state index in [0.29, 0.717) is 5.56 Å². The molecule has 0 fully saturated rings. The van der Waals surface area contributed by atoms with Crippen LogP contribution in [-0.2, 0) is 6.18 Å². The Bertz CT molecular complexity index is 631. The summed E-state index contributed by atoms with van der Waals surface area (Å²) < 4.78 is 73.5. The van der Waals surface area contributed by atoms with Crippen molar-refractivity contribution >= 4 is 0 Å². The molecule has 0 atom stereocenters. The molecule has 22 heavy (non-hydrogen) atoms. The van der Waals surface area contributed by atoms with Gasteiger partial charge < -0.3 is 0 Å². The molecular formula is C16H14F6. The third kappa shape index (κ3) is 4.51. The van der Waals surface area contributed by atoms with Crippen LogP contribution >= 0.6 is 0 Å². The van der Waals surface area contributed by atoms with Crippen molar-refractivity contribution in [1.29, 1.82) is 0 Å². The Kier molecular flexibility index (Phi) is 5.63. The summed E-state index contributed by atoms with van der Waals surface area (Å²) in [5, 5.41) is 0. The second kappa shape index (κ2) is 6.85. The third-order valence-electron chi connectivity index (χ3n) is 3.10. The van der Waals surface area contributed by atoms with Crippen LogP contribution in [0.25, 0.3) is 0 Å². The molecular weight excluding hydrogens is 306 g/mol.